The maximum atomic E-state index is 12.6. The van der Waals surface area contributed by atoms with Crippen LogP contribution in [-0.2, 0) is 0 Å². The van der Waals surface area contributed by atoms with E-state index in [1.807, 2.05) is 19.1 Å². The second kappa shape index (κ2) is 6.34. The van der Waals surface area contributed by atoms with Crippen molar-refractivity contribution in [3.05, 3.63) is 34.5 Å². The zero-order valence-corrected chi connectivity index (χ0v) is 14.5. The first-order valence-electron chi connectivity index (χ1n) is 7.85. The minimum Gasteiger partial charge on any atom is -0.451 e. The Morgan fingerprint density at radius 3 is 2.70 bits per heavy atom. The Bertz CT molecular complexity index is 732. The lowest BCUT2D eigenvalue weighted by Crippen LogP contribution is -2.48. The van der Waals surface area contributed by atoms with Crippen LogP contribution in [0.5, 0.6) is 0 Å². The minimum atomic E-state index is -0.115. The number of halogens is 2. The molecule has 2 N–H and O–H groups in total. The number of carbonyl (C=O) groups excluding carboxylic acids is 1. The quantitative estimate of drug-likeness (QED) is 0.861. The number of fused-ring (bicyclic) bond motifs is 3. The molecule has 4 rings (SSSR count). The van der Waals surface area contributed by atoms with Gasteiger partial charge in [0.05, 0.1) is 0 Å². The molecular weight excluding hydrogens is 335 g/mol. The molecule has 0 radical (unpaired) electrons. The Morgan fingerprint density at radius 1 is 1.30 bits per heavy atom. The standard InChI is InChI=1S/C17H19ClN2O2.ClH/c1-9-14-6-10(18)2-5-15(14)22-16(9)17(21)20-13-7-11-3-4-12(8-13)19-11;/h2,5-6,11-13,19H,3-4,7-8H2,1H3,(H,20,21);1H. The molecule has 4 nitrogen and oxygen atoms in total. The van der Waals surface area contributed by atoms with Gasteiger partial charge in [0.1, 0.15) is 5.58 Å². The van der Waals surface area contributed by atoms with E-state index in [1.165, 1.54) is 12.8 Å². The predicted molar refractivity (Wildman–Crippen MR) is 93.6 cm³/mol. The molecule has 2 bridgehead atoms. The summed E-state index contributed by atoms with van der Waals surface area (Å²) in [6.07, 6.45) is 4.46. The third kappa shape index (κ3) is 3.08. The highest BCUT2D eigenvalue weighted by atomic mass is 35.5. The van der Waals surface area contributed by atoms with Gasteiger partial charge in [-0.2, -0.15) is 0 Å². The summed E-state index contributed by atoms with van der Waals surface area (Å²) in [5, 5.41) is 8.29. The molecule has 2 atom stereocenters. The molecular formula is C17H20Cl2N2O2. The molecule has 23 heavy (non-hydrogen) atoms. The maximum absolute atomic E-state index is 12.6. The molecule has 2 aliphatic rings. The first-order valence-corrected chi connectivity index (χ1v) is 8.23. The highest BCUT2D eigenvalue weighted by Crippen LogP contribution is 2.29. The number of aryl methyl sites for hydroxylation is 1. The molecule has 2 aliphatic heterocycles. The molecule has 2 unspecified atom stereocenters. The van der Waals surface area contributed by atoms with Crippen LogP contribution < -0.4 is 10.6 Å². The third-order valence-electron chi connectivity index (χ3n) is 4.91. The summed E-state index contributed by atoms with van der Waals surface area (Å²) in [4.78, 5) is 12.6. The predicted octanol–water partition coefficient (Wildman–Crippen LogP) is 3.83. The van der Waals surface area contributed by atoms with Gasteiger partial charge in [0.2, 0.25) is 0 Å². The normalized spacial score (nSPS) is 26.1. The first-order chi connectivity index (χ1) is 10.6. The van der Waals surface area contributed by atoms with Crippen LogP contribution in [0.4, 0.5) is 0 Å². The van der Waals surface area contributed by atoms with Gasteiger partial charge < -0.3 is 15.1 Å². The van der Waals surface area contributed by atoms with Crippen LogP contribution in [0.3, 0.4) is 0 Å². The number of amides is 1. The van der Waals surface area contributed by atoms with Gasteiger partial charge in [-0.1, -0.05) is 11.6 Å². The Morgan fingerprint density at radius 2 is 2.00 bits per heavy atom. The van der Waals surface area contributed by atoms with Gasteiger partial charge in [0.15, 0.2) is 5.76 Å². The number of furan rings is 1. The summed E-state index contributed by atoms with van der Waals surface area (Å²) in [5.74, 6) is 0.291. The monoisotopic (exact) mass is 354 g/mol. The summed E-state index contributed by atoms with van der Waals surface area (Å²) < 4.78 is 5.74. The lowest BCUT2D eigenvalue weighted by molar-refractivity contribution is 0.0897. The number of benzene rings is 1. The number of piperidine rings is 1. The molecule has 3 heterocycles. The van der Waals surface area contributed by atoms with Crippen molar-refractivity contribution in [2.45, 2.75) is 50.7 Å². The van der Waals surface area contributed by atoms with Crippen molar-refractivity contribution in [3.63, 3.8) is 0 Å². The fourth-order valence-electron chi connectivity index (χ4n) is 3.84. The average Bonchev–Trinajstić information content (AvgIpc) is 2.99. The van der Waals surface area contributed by atoms with Crippen molar-refractivity contribution < 1.29 is 9.21 Å². The van der Waals surface area contributed by atoms with Gasteiger partial charge in [0, 0.05) is 34.1 Å². The first kappa shape index (κ1) is 16.6. The molecule has 6 heteroatoms. The molecule has 1 aromatic carbocycles. The Balaban J connectivity index is 0.00000156. The van der Waals surface area contributed by atoms with Gasteiger partial charge >= 0.3 is 0 Å². The zero-order valence-electron chi connectivity index (χ0n) is 12.9. The second-order valence-corrected chi connectivity index (χ2v) is 6.91. The number of hydrogen-bond acceptors (Lipinski definition) is 3. The molecule has 2 aromatic rings. The van der Waals surface area contributed by atoms with Crippen molar-refractivity contribution in [3.8, 4) is 0 Å². The largest absolute Gasteiger partial charge is 0.451 e. The van der Waals surface area contributed by atoms with Gasteiger partial charge in [-0.3, -0.25) is 4.79 Å². The van der Waals surface area contributed by atoms with Crippen molar-refractivity contribution >= 4 is 40.9 Å². The Labute approximate surface area is 146 Å². The summed E-state index contributed by atoms with van der Waals surface area (Å²) >= 11 is 6.02. The van der Waals surface area contributed by atoms with Crippen LogP contribution in [0.2, 0.25) is 5.02 Å². The van der Waals surface area contributed by atoms with Crippen LogP contribution in [-0.4, -0.2) is 24.0 Å². The lowest BCUT2D eigenvalue weighted by atomic mass is 9.99. The zero-order chi connectivity index (χ0) is 15.3. The summed E-state index contributed by atoms with van der Waals surface area (Å²) in [6, 6.07) is 6.78. The molecule has 124 valence electrons. The van der Waals surface area contributed by atoms with E-state index in [2.05, 4.69) is 10.6 Å². The number of nitrogens with one attached hydrogen (secondary N) is 2. The molecule has 2 saturated heterocycles. The number of hydrogen-bond donors (Lipinski definition) is 2. The van der Waals surface area contributed by atoms with E-state index in [1.54, 1.807) is 6.07 Å². The fourth-order valence-corrected chi connectivity index (χ4v) is 4.01. The van der Waals surface area contributed by atoms with E-state index < -0.39 is 0 Å². The van der Waals surface area contributed by atoms with Crippen LogP contribution >= 0.6 is 24.0 Å². The molecule has 2 fully saturated rings. The third-order valence-corrected chi connectivity index (χ3v) is 5.15. The van der Waals surface area contributed by atoms with Gasteiger partial charge in [-0.05, 0) is 50.8 Å². The average molecular weight is 355 g/mol. The number of rotatable bonds is 2. The van der Waals surface area contributed by atoms with Crippen molar-refractivity contribution in [2.75, 3.05) is 0 Å². The van der Waals surface area contributed by atoms with Crippen molar-refractivity contribution in [1.82, 2.24) is 10.6 Å². The minimum absolute atomic E-state index is 0. The Hall–Kier alpha value is -1.23. The van der Waals surface area contributed by atoms with E-state index in [9.17, 15) is 4.79 Å². The fraction of sp³-hybridized carbons (Fsp3) is 0.471. The van der Waals surface area contributed by atoms with E-state index in [4.69, 9.17) is 16.0 Å². The summed E-state index contributed by atoms with van der Waals surface area (Å²) in [6.45, 7) is 1.91. The van der Waals surface area contributed by atoms with E-state index in [-0.39, 0.29) is 24.4 Å². The van der Waals surface area contributed by atoms with Gasteiger partial charge in [-0.25, -0.2) is 0 Å². The summed E-state index contributed by atoms with van der Waals surface area (Å²) in [5.41, 5.74) is 1.56. The van der Waals surface area contributed by atoms with Crippen LogP contribution in [0.15, 0.2) is 22.6 Å². The lowest BCUT2D eigenvalue weighted by Gasteiger charge is -2.29. The van der Waals surface area contributed by atoms with Crippen molar-refractivity contribution in [2.24, 2.45) is 0 Å². The molecule has 1 amide bonds. The maximum Gasteiger partial charge on any atom is 0.287 e. The molecule has 0 saturated carbocycles. The smallest absolute Gasteiger partial charge is 0.287 e. The van der Waals surface area contributed by atoms with Crippen molar-refractivity contribution in [1.29, 1.82) is 0 Å². The van der Waals surface area contributed by atoms with E-state index in [0.29, 0.717) is 28.4 Å². The van der Waals surface area contributed by atoms with Gasteiger partial charge in [-0.15, -0.1) is 12.4 Å². The van der Waals surface area contributed by atoms with E-state index in [0.717, 1.165) is 23.8 Å². The highest BCUT2D eigenvalue weighted by Gasteiger charge is 2.34. The van der Waals surface area contributed by atoms with E-state index >= 15 is 0 Å². The summed E-state index contributed by atoms with van der Waals surface area (Å²) in [7, 11) is 0. The molecule has 0 spiro atoms. The highest BCUT2D eigenvalue weighted by molar-refractivity contribution is 6.31. The Kier molecular flexibility index (Phi) is 4.59. The number of carbonyl (C=O) groups is 1. The van der Waals surface area contributed by atoms with Crippen LogP contribution in [0.1, 0.15) is 41.8 Å². The van der Waals surface area contributed by atoms with Crippen LogP contribution in [0, 0.1) is 6.92 Å². The van der Waals surface area contributed by atoms with Gasteiger partial charge in [0.25, 0.3) is 5.91 Å². The SMILES string of the molecule is Cc1c(C(=O)NC2CC3CCC(C2)N3)oc2ccc(Cl)cc12.Cl. The topological polar surface area (TPSA) is 54.3 Å². The molecule has 0 aliphatic carbocycles. The van der Waals surface area contributed by atoms with Crippen LogP contribution in [0.25, 0.3) is 11.0 Å². The second-order valence-electron chi connectivity index (χ2n) is 6.48. The molecule has 1 aromatic heterocycles.